The Hall–Kier alpha value is -2.37. The van der Waals surface area contributed by atoms with Gasteiger partial charge in [-0.15, -0.1) is 0 Å². The molecule has 6 heteroatoms. The molecule has 1 heterocycles. The molecule has 0 spiro atoms. The van der Waals surface area contributed by atoms with Gasteiger partial charge in [0.25, 0.3) is 5.91 Å². The number of hydrogen-bond acceptors (Lipinski definition) is 3. The number of aromatic amines is 1. The first-order chi connectivity index (χ1) is 8.66. The van der Waals surface area contributed by atoms with Gasteiger partial charge in [0.1, 0.15) is 11.6 Å². The van der Waals surface area contributed by atoms with Crippen LogP contribution in [0, 0.1) is 5.82 Å². The van der Waals surface area contributed by atoms with Crippen LogP contribution in [0.3, 0.4) is 0 Å². The molecule has 4 N–H and O–H groups in total. The fourth-order valence-corrected chi connectivity index (χ4v) is 1.52. The van der Waals surface area contributed by atoms with Crippen molar-refractivity contribution in [2.24, 2.45) is 0 Å². The molecule has 2 aromatic rings. The number of nitrogens with zero attached hydrogens (tertiary/aromatic N) is 1. The summed E-state index contributed by atoms with van der Waals surface area (Å²) >= 11 is 0. The highest BCUT2D eigenvalue weighted by Crippen LogP contribution is 2.11. The number of nitrogen functional groups attached to an aromatic ring is 1. The number of carbonyl (C=O) groups excluding carboxylic acids is 1. The smallest absolute Gasteiger partial charge is 0.251 e. The summed E-state index contributed by atoms with van der Waals surface area (Å²) in [6, 6.07) is 3.89. The van der Waals surface area contributed by atoms with Crippen molar-refractivity contribution in [3.05, 3.63) is 47.8 Å². The molecule has 0 atom stereocenters. The SMILES string of the molecule is Nc1cc(C(=O)NCCc2ncc[nH]2)ccc1F. The van der Waals surface area contributed by atoms with E-state index in [0.29, 0.717) is 18.5 Å². The molecule has 0 saturated carbocycles. The second-order valence-electron chi connectivity index (χ2n) is 3.78. The first kappa shape index (κ1) is 12.1. The average molecular weight is 248 g/mol. The lowest BCUT2D eigenvalue weighted by Gasteiger charge is -2.05. The summed E-state index contributed by atoms with van der Waals surface area (Å²) in [5.41, 5.74) is 5.70. The molecule has 1 aromatic heterocycles. The van der Waals surface area contributed by atoms with E-state index >= 15 is 0 Å². The topological polar surface area (TPSA) is 83.8 Å². The van der Waals surface area contributed by atoms with Gasteiger partial charge in [0.2, 0.25) is 0 Å². The molecule has 0 bridgehead atoms. The van der Waals surface area contributed by atoms with Gasteiger partial charge in [-0.1, -0.05) is 0 Å². The number of halogens is 1. The molecule has 1 aromatic carbocycles. The van der Waals surface area contributed by atoms with Crippen molar-refractivity contribution in [3.8, 4) is 0 Å². The normalized spacial score (nSPS) is 10.3. The third kappa shape index (κ3) is 2.85. The molecule has 0 unspecified atom stereocenters. The first-order valence-corrected chi connectivity index (χ1v) is 5.48. The summed E-state index contributed by atoms with van der Waals surface area (Å²) in [6.45, 7) is 0.448. The summed E-state index contributed by atoms with van der Waals surface area (Å²) in [5.74, 6) is -0.00990. The maximum Gasteiger partial charge on any atom is 0.251 e. The molecule has 0 aliphatic carbocycles. The molecule has 94 valence electrons. The van der Waals surface area contributed by atoms with Gasteiger partial charge in [-0.3, -0.25) is 4.79 Å². The van der Waals surface area contributed by atoms with Crippen molar-refractivity contribution in [2.45, 2.75) is 6.42 Å². The Bertz CT molecular complexity index is 539. The Morgan fingerprint density at radius 3 is 3.00 bits per heavy atom. The molecule has 18 heavy (non-hydrogen) atoms. The van der Waals surface area contributed by atoms with Gasteiger partial charge in [-0.25, -0.2) is 9.37 Å². The Balaban J connectivity index is 1.89. The number of H-pyrrole nitrogens is 1. The zero-order valence-electron chi connectivity index (χ0n) is 9.61. The summed E-state index contributed by atoms with van der Waals surface area (Å²) in [4.78, 5) is 18.7. The Kier molecular flexibility index (Phi) is 3.57. The maximum atomic E-state index is 12.9. The van der Waals surface area contributed by atoms with Gasteiger partial charge in [-0.05, 0) is 18.2 Å². The van der Waals surface area contributed by atoms with E-state index < -0.39 is 5.82 Å². The summed E-state index contributed by atoms with van der Waals surface area (Å²) < 4.78 is 12.9. The molecule has 0 saturated heterocycles. The van der Waals surface area contributed by atoms with Crippen LogP contribution in [0.1, 0.15) is 16.2 Å². The third-order valence-electron chi connectivity index (χ3n) is 2.46. The molecule has 0 aliphatic rings. The molecular formula is C12H13FN4O. The number of anilines is 1. The summed E-state index contributed by atoms with van der Waals surface area (Å²) in [7, 11) is 0. The Morgan fingerprint density at radius 1 is 1.50 bits per heavy atom. The fourth-order valence-electron chi connectivity index (χ4n) is 1.52. The number of carbonyl (C=O) groups is 1. The zero-order chi connectivity index (χ0) is 13.0. The lowest BCUT2D eigenvalue weighted by molar-refractivity contribution is 0.0954. The Labute approximate surface area is 103 Å². The quantitative estimate of drug-likeness (QED) is 0.708. The fraction of sp³-hybridized carbons (Fsp3) is 0.167. The second kappa shape index (κ2) is 5.31. The van der Waals surface area contributed by atoms with Gasteiger partial charge < -0.3 is 16.0 Å². The van der Waals surface area contributed by atoms with E-state index in [4.69, 9.17) is 5.73 Å². The molecule has 0 aliphatic heterocycles. The van der Waals surface area contributed by atoms with Gasteiger partial charge in [-0.2, -0.15) is 0 Å². The van der Waals surface area contributed by atoms with Crippen LogP contribution in [0.4, 0.5) is 10.1 Å². The molecule has 5 nitrogen and oxygen atoms in total. The van der Waals surface area contributed by atoms with Crippen molar-refractivity contribution in [3.63, 3.8) is 0 Å². The van der Waals surface area contributed by atoms with Crippen LogP contribution < -0.4 is 11.1 Å². The van der Waals surface area contributed by atoms with Crippen LogP contribution in [0.25, 0.3) is 0 Å². The van der Waals surface area contributed by atoms with E-state index in [1.807, 2.05) is 0 Å². The number of amides is 1. The largest absolute Gasteiger partial charge is 0.396 e. The van der Waals surface area contributed by atoms with E-state index in [1.165, 1.54) is 18.2 Å². The highest BCUT2D eigenvalue weighted by atomic mass is 19.1. The van der Waals surface area contributed by atoms with Crippen LogP contribution in [0.15, 0.2) is 30.6 Å². The number of nitrogens with two attached hydrogens (primary N) is 1. The van der Waals surface area contributed by atoms with Gasteiger partial charge in [0.15, 0.2) is 0 Å². The standard InChI is InChI=1S/C12H13FN4O/c13-9-2-1-8(7-10(9)14)12(18)17-4-3-11-15-5-6-16-11/h1-2,5-7H,3-4,14H2,(H,15,16)(H,17,18). The van der Waals surface area contributed by atoms with Gasteiger partial charge in [0.05, 0.1) is 5.69 Å². The number of rotatable bonds is 4. The second-order valence-corrected chi connectivity index (χ2v) is 3.78. The van der Waals surface area contributed by atoms with Gasteiger partial charge >= 0.3 is 0 Å². The minimum Gasteiger partial charge on any atom is -0.396 e. The number of aromatic nitrogens is 2. The molecule has 1 amide bonds. The van der Waals surface area contributed by atoms with Crippen molar-refractivity contribution >= 4 is 11.6 Å². The summed E-state index contributed by atoms with van der Waals surface area (Å²) in [6.07, 6.45) is 3.98. The highest BCUT2D eigenvalue weighted by molar-refractivity contribution is 5.95. The van der Waals surface area contributed by atoms with E-state index in [2.05, 4.69) is 15.3 Å². The van der Waals surface area contributed by atoms with Crippen LogP contribution in [0.2, 0.25) is 0 Å². The van der Waals surface area contributed by atoms with Crippen molar-refractivity contribution in [1.29, 1.82) is 0 Å². The minimum absolute atomic E-state index is 0.0336. The number of benzene rings is 1. The molecule has 0 radical (unpaired) electrons. The van der Waals surface area contributed by atoms with Gasteiger partial charge in [0, 0.05) is 30.9 Å². The molecular weight excluding hydrogens is 235 g/mol. The zero-order valence-corrected chi connectivity index (χ0v) is 9.61. The molecule has 0 fully saturated rings. The van der Waals surface area contributed by atoms with Crippen molar-refractivity contribution < 1.29 is 9.18 Å². The average Bonchev–Trinajstić information content (AvgIpc) is 2.85. The number of imidazole rings is 1. The lowest BCUT2D eigenvalue weighted by atomic mass is 10.2. The van der Waals surface area contributed by atoms with Crippen LogP contribution in [-0.4, -0.2) is 22.4 Å². The first-order valence-electron chi connectivity index (χ1n) is 5.48. The van der Waals surface area contributed by atoms with Crippen molar-refractivity contribution in [1.82, 2.24) is 15.3 Å². The number of hydrogen-bond donors (Lipinski definition) is 3. The lowest BCUT2D eigenvalue weighted by Crippen LogP contribution is -2.26. The number of nitrogens with one attached hydrogen (secondary N) is 2. The van der Waals surface area contributed by atoms with E-state index in [9.17, 15) is 9.18 Å². The Morgan fingerprint density at radius 2 is 2.33 bits per heavy atom. The van der Waals surface area contributed by atoms with Crippen LogP contribution >= 0.6 is 0 Å². The predicted molar refractivity (Wildman–Crippen MR) is 65.4 cm³/mol. The van der Waals surface area contributed by atoms with E-state index in [0.717, 1.165) is 5.82 Å². The predicted octanol–water partition coefficient (Wildman–Crippen LogP) is 1.10. The highest BCUT2D eigenvalue weighted by Gasteiger charge is 2.07. The summed E-state index contributed by atoms with van der Waals surface area (Å²) in [5, 5.41) is 2.71. The van der Waals surface area contributed by atoms with Crippen LogP contribution in [0.5, 0.6) is 0 Å². The van der Waals surface area contributed by atoms with Crippen LogP contribution in [-0.2, 0) is 6.42 Å². The van der Waals surface area contributed by atoms with E-state index in [-0.39, 0.29) is 11.6 Å². The maximum absolute atomic E-state index is 12.9. The third-order valence-corrected chi connectivity index (χ3v) is 2.46. The minimum atomic E-state index is -0.526. The monoisotopic (exact) mass is 248 g/mol. The van der Waals surface area contributed by atoms with Crippen molar-refractivity contribution in [2.75, 3.05) is 12.3 Å². The van der Waals surface area contributed by atoms with E-state index in [1.54, 1.807) is 12.4 Å². The molecule has 2 rings (SSSR count).